The molecule has 0 fully saturated rings. The van der Waals surface area contributed by atoms with Gasteiger partial charge in [0.05, 0.1) is 22.1 Å². The molecule has 136 heavy (non-hydrogen) atoms. The van der Waals surface area contributed by atoms with E-state index in [1.54, 1.807) is 0 Å². The van der Waals surface area contributed by atoms with Crippen LogP contribution in [-0.2, 0) is 0 Å². The van der Waals surface area contributed by atoms with Crippen molar-refractivity contribution in [2.45, 2.75) is 9.79 Å². The lowest BCUT2D eigenvalue weighted by Gasteiger charge is -2.40. The minimum Gasteiger partial charge on any atom is -0.457 e. The molecule has 4 aliphatic rings. The van der Waals surface area contributed by atoms with Crippen molar-refractivity contribution in [3.63, 3.8) is 0 Å². The molecule has 3 aromatic heterocycles. The Morgan fingerprint density at radius 2 is 0.551 bits per heavy atom. The largest absolute Gasteiger partial charge is 0.457 e. The highest BCUT2D eigenvalue weighted by Gasteiger charge is 2.56. The van der Waals surface area contributed by atoms with E-state index in [2.05, 4.69) is 531 Å². The molecule has 0 atom stereocenters. The number of hydrogen-bond donors (Lipinski definition) is 0. The lowest BCUT2D eigenvalue weighted by Crippen LogP contribution is -2.76. The maximum atomic E-state index is 7.20. The monoisotopic (exact) mass is 1830 g/mol. The number of ether oxygens (including phenoxy) is 2. The zero-order valence-electron chi connectivity index (χ0n) is 74.2. The molecule has 4 aliphatic heterocycles. The molecule has 7 heterocycles. The highest BCUT2D eigenvalue weighted by molar-refractivity contribution is 8.00. The van der Waals surface area contributed by atoms with E-state index in [-0.39, 0.29) is 0 Å². The molecule has 0 saturated carbocycles. The van der Waals surface area contributed by atoms with E-state index >= 15 is 0 Å². The van der Waals surface area contributed by atoms with E-state index in [1.807, 2.05) is 23.1 Å². The fraction of sp³-hybridized carbons (Fsp3) is 0. The minimum atomic E-state index is -2.75. The van der Waals surface area contributed by atoms with Crippen molar-refractivity contribution in [1.29, 1.82) is 0 Å². The SMILES string of the molecule is c1ccc([Si]2(c3ccccc3)c3ccccc3Oc3c2ccc2c3-c3ccccc3[Si]2(c2ccccc2)c2ccccc2)cc1.c1ccc([Si]2(c3ccccc3)c3ccccc3Oc3c2ccc2sc4ccccc4c32)cc1.c1ccc([Si]2(c3ccccc3)c3ccccc3Sc3c2ccc2c3c3ccccc3n2-c2cccc(-c3cccc(-n4c5ccccc5c5ccccc54)c3)c2)cc1. The Kier molecular flexibility index (Phi) is 19.8. The maximum Gasteiger partial charge on any atom is 0.188 e. The first-order valence-electron chi connectivity index (χ1n) is 46.8. The van der Waals surface area contributed by atoms with Gasteiger partial charge in [-0.05, 0) is 179 Å². The van der Waals surface area contributed by atoms with Crippen molar-refractivity contribution in [3.8, 4) is 56.6 Å². The molecule has 28 rings (SSSR count). The predicted octanol–water partition coefficient (Wildman–Crippen LogP) is 21.5. The van der Waals surface area contributed by atoms with Crippen molar-refractivity contribution in [1.82, 2.24) is 9.13 Å². The topological polar surface area (TPSA) is 28.3 Å². The van der Waals surface area contributed by atoms with Crippen LogP contribution in [0.5, 0.6) is 23.0 Å². The van der Waals surface area contributed by atoms with Crippen LogP contribution in [-0.4, -0.2) is 41.4 Å². The third-order valence-corrected chi connectivity index (χ3v) is 51.0. The van der Waals surface area contributed by atoms with E-state index in [0.29, 0.717) is 0 Å². The fourth-order valence-corrected chi connectivity index (χ4v) is 46.8. The Balaban J connectivity index is 0.000000110. The summed E-state index contributed by atoms with van der Waals surface area (Å²) in [5.74, 6) is 4.00. The van der Waals surface area contributed by atoms with E-state index < -0.39 is 32.3 Å². The molecule has 640 valence electrons. The summed E-state index contributed by atoms with van der Waals surface area (Å²) < 4.78 is 21.5. The van der Waals surface area contributed by atoms with Gasteiger partial charge in [-0.3, -0.25) is 0 Å². The van der Waals surface area contributed by atoms with Crippen molar-refractivity contribution in [3.05, 3.63) is 522 Å². The normalized spacial score (nSPS) is 13.9. The Labute approximate surface area is 802 Å². The van der Waals surface area contributed by atoms with Crippen LogP contribution in [0.1, 0.15) is 0 Å². The van der Waals surface area contributed by atoms with Crippen molar-refractivity contribution in [2.75, 3.05) is 0 Å². The highest BCUT2D eigenvalue weighted by Crippen LogP contribution is 2.47. The van der Waals surface area contributed by atoms with Gasteiger partial charge in [0, 0.05) is 68.4 Å². The second-order valence-corrected chi connectivity index (χ2v) is 52.8. The van der Waals surface area contributed by atoms with Crippen molar-refractivity contribution >= 4 is 202 Å². The third-order valence-electron chi connectivity index (χ3n) is 28.9. The summed E-state index contributed by atoms with van der Waals surface area (Å²) in [5.41, 5.74) is 12.1. The van der Waals surface area contributed by atoms with Crippen LogP contribution in [0, 0.1) is 0 Å². The summed E-state index contributed by atoms with van der Waals surface area (Å²) in [6.07, 6.45) is 0. The fourth-order valence-electron chi connectivity index (χ4n) is 23.5. The summed E-state index contributed by atoms with van der Waals surface area (Å²) in [4.78, 5) is 2.73. The first-order chi connectivity index (χ1) is 67.5. The quantitative estimate of drug-likeness (QED) is 0.121. The summed E-state index contributed by atoms with van der Waals surface area (Å²) in [7, 11) is -10.7. The zero-order valence-corrected chi connectivity index (χ0v) is 79.8. The lowest BCUT2D eigenvalue weighted by atomic mass is 10.0. The van der Waals surface area contributed by atoms with Crippen molar-refractivity contribution < 1.29 is 9.47 Å². The maximum absolute atomic E-state index is 7.20. The molecule has 0 saturated heterocycles. The standard InChI is InChI=1S/C54H36N2SSi.C42H30OSi2.C30H20OSSi/c1-3-21-41(22-4-1)58(42-23-5-2-6-24-42)51-32-14-13-31-50(51)57-54-52(58)34-33-49-53(54)45-27-9-12-30-48(45)56(49)40-20-16-18-38(36-40)37-17-15-19-39(35-37)55-46-28-10-7-25-43(46)44-26-8-11-29-47(44)55;1-5-17-31(18-6-1)44(32-19-7-2-8-20-32)37-27-15-13-25-35(37)41-39(44)29-30-40-42(41)43-36-26-14-16-28-38(36)45(40,33-21-9-3-10-22-33)34-23-11-4-12-24-34;1-3-11-21(12-4-1)33(22-13-5-2-6-14-22)27-18-10-8-16-24(27)31-30-28(33)20-19-26-29(30)23-15-7-9-17-25(23)32-26/h1-36H;1-30H;1-20H. The summed E-state index contributed by atoms with van der Waals surface area (Å²) in [5, 5.41) is 29.8. The molecule has 4 nitrogen and oxygen atoms in total. The molecule has 0 bridgehead atoms. The number of para-hydroxylation sites is 5. The minimum absolute atomic E-state index is 0.967. The molecular weight excluding hydrogens is 1750 g/mol. The summed E-state index contributed by atoms with van der Waals surface area (Å²) in [6, 6.07) is 193. The lowest BCUT2D eigenvalue weighted by molar-refractivity contribution is 0.489. The Bertz CT molecular complexity index is 8570. The smallest absolute Gasteiger partial charge is 0.188 e. The van der Waals surface area contributed by atoms with Gasteiger partial charge < -0.3 is 18.6 Å². The van der Waals surface area contributed by atoms with Crippen LogP contribution >= 0.6 is 23.1 Å². The van der Waals surface area contributed by atoms with E-state index in [4.69, 9.17) is 9.47 Å². The van der Waals surface area contributed by atoms with Crippen LogP contribution in [0.4, 0.5) is 0 Å². The van der Waals surface area contributed by atoms with E-state index in [0.717, 1.165) is 34.4 Å². The molecule has 10 heteroatoms. The molecule has 0 N–H and O–H groups in total. The second-order valence-electron chi connectivity index (χ2n) is 35.7. The summed E-state index contributed by atoms with van der Waals surface area (Å²) in [6.45, 7) is 0. The second kappa shape index (κ2) is 33.2. The van der Waals surface area contributed by atoms with E-state index in [1.165, 1.54) is 179 Å². The first-order valence-corrected chi connectivity index (χ1v) is 56.4. The van der Waals surface area contributed by atoms with Gasteiger partial charge >= 0.3 is 0 Å². The van der Waals surface area contributed by atoms with Gasteiger partial charge in [-0.25, -0.2) is 0 Å². The highest BCUT2D eigenvalue weighted by atomic mass is 32.2. The number of hydrogen-bond acceptors (Lipinski definition) is 4. The molecule has 0 spiro atoms. The molecule has 24 aromatic rings. The summed E-state index contributed by atoms with van der Waals surface area (Å²) >= 11 is 3.79. The van der Waals surface area contributed by atoms with Crippen LogP contribution in [0.2, 0.25) is 0 Å². The molecular formula is C126H86N2O2S2Si4. The van der Waals surface area contributed by atoms with Gasteiger partial charge in [0.15, 0.2) is 32.3 Å². The number of fused-ring (bicyclic) bond motifs is 21. The van der Waals surface area contributed by atoms with Crippen molar-refractivity contribution in [2.24, 2.45) is 0 Å². The predicted molar refractivity (Wildman–Crippen MR) is 584 cm³/mol. The Morgan fingerprint density at radius 3 is 1.04 bits per heavy atom. The number of nitrogens with zero attached hydrogens (tertiary/aromatic N) is 2. The van der Waals surface area contributed by atoms with Crippen LogP contribution < -0.4 is 92.5 Å². The molecule has 0 radical (unpaired) electrons. The van der Waals surface area contributed by atoms with Crippen LogP contribution in [0.3, 0.4) is 0 Å². The number of benzene rings is 21. The number of rotatable bonds is 11. The Hall–Kier alpha value is -15.7. The molecule has 0 unspecified atom stereocenters. The van der Waals surface area contributed by atoms with Gasteiger partial charge in [0.2, 0.25) is 0 Å². The molecule has 0 amide bonds. The van der Waals surface area contributed by atoms with Gasteiger partial charge in [0.25, 0.3) is 0 Å². The first kappa shape index (κ1) is 81.1. The van der Waals surface area contributed by atoms with Crippen LogP contribution in [0.15, 0.2) is 531 Å². The van der Waals surface area contributed by atoms with Gasteiger partial charge in [0.1, 0.15) is 23.0 Å². The zero-order chi connectivity index (χ0) is 89.9. The van der Waals surface area contributed by atoms with Gasteiger partial charge in [-0.15, -0.1) is 11.3 Å². The number of thiophene rings is 1. The van der Waals surface area contributed by atoms with Gasteiger partial charge in [-0.2, -0.15) is 0 Å². The average Bonchev–Trinajstić information content (AvgIpc) is 1.51. The average molecular weight is 1840 g/mol. The van der Waals surface area contributed by atoms with E-state index in [9.17, 15) is 0 Å². The molecule has 21 aromatic carbocycles. The third kappa shape index (κ3) is 12.3. The number of aromatic nitrogens is 2. The molecule has 0 aliphatic carbocycles. The van der Waals surface area contributed by atoms with Gasteiger partial charge in [-0.1, -0.05) is 455 Å². The van der Waals surface area contributed by atoms with Crippen LogP contribution in [0.25, 0.3) is 97.4 Å². The Morgan fingerprint density at radius 1 is 0.206 bits per heavy atom.